The van der Waals surface area contributed by atoms with Crippen molar-refractivity contribution in [1.82, 2.24) is 29.7 Å². The molecule has 2 aromatic heterocycles. The topological polar surface area (TPSA) is 61.0 Å². The van der Waals surface area contributed by atoms with Gasteiger partial charge in [0.1, 0.15) is 5.69 Å². The van der Waals surface area contributed by atoms with Crippen LogP contribution in [-0.2, 0) is 11.3 Å². The highest BCUT2D eigenvalue weighted by Gasteiger charge is 2.35. The molecule has 7 heteroatoms. The van der Waals surface area contributed by atoms with Crippen LogP contribution in [0.5, 0.6) is 0 Å². The quantitative estimate of drug-likeness (QED) is 0.683. The molecule has 2 fully saturated rings. The van der Waals surface area contributed by atoms with Crippen LogP contribution in [0.25, 0.3) is 11.3 Å². The van der Waals surface area contributed by atoms with E-state index in [1.165, 1.54) is 37.9 Å². The summed E-state index contributed by atoms with van der Waals surface area (Å²) in [6.45, 7) is 4.55. The van der Waals surface area contributed by atoms with Crippen molar-refractivity contribution >= 4 is 0 Å². The van der Waals surface area contributed by atoms with E-state index in [0.29, 0.717) is 12.6 Å². The lowest BCUT2D eigenvalue weighted by atomic mass is 10.0. The summed E-state index contributed by atoms with van der Waals surface area (Å²) in [5.74, 6) is 0. The molecule has 28 heavy (non-hydrogen) atoms. The maximum absolute atomic E-state index is 5.84. The monoisotopic (exact) mass is 378 g/mol. The first-order valence-corrected chi connectivity index (χ1v) is 10.2. The van der Waals surface area contributed by atoms with Crippen LogP contribution in [0.15, 0.2) is 48.9 Å². The van der Waals surface area contributed by atoms with Crippen LogP contribution in [0.3, 0.4) is 0 Å². The van der Waals surface area contributed by atoms with Crippen LogP contribution in [0.2, 0.25) is 0 Å². The fourth-order valence-corrected chi connectivity index (χ4v) is 4.42. The van der Waals surface area contributed by atoms with Gasteiger partial charge in [0.05, 0.1) is 38.0 Å². The maximum Gasteiger partial charge on any atom is 0.113 e. The highest BCUT2D eigenvalue weighted by molar-refractivity contribution is 5.62. The zero-order valence-corrected chi connectivity index (χ0v) is 16.0. The minimum absolute atomic E-state index is 0.234. The number of hydrogen-bond donors (Lipinski definition) is 0. The Kier molecular flexibility index (Phi) is 4.93. The maximum atomic E-state index is 5.84. The van der Waals surface area contributed by atoms with E-state index in [-0.39, 0.29) is 6.04 Å². The standard InChI is InChI=1S/C21H26N6O/c1-4-10-25(11-5-1)20-15-28-16-21(20)27-14-19(23-24-27)18-8-3-2-7-17(18)13-26-12-6-9-22-26/h2-3,6-9,12,14,20-21H,1,4-5,10-11,13,15-16H2/t20-,21-/m0/s1. The summed E-state index contributed by atoms with van der Waals surface area (Å²) in [6, 6.07) is 10.9. The van der Waals surface area contributed by atoms with Crippen LogP contribution in [0.1, 0.15) is 30.9 Å². The van der Waals surface area contributed by atoms with Crippen LogP contribution in [-0.4, -0.2) is 62.0 Å². The van der Waals surface area contributed by atoms with Crippen molar-refractivity contribution < 1.29 is 4.74 Å². The van der Waals surface area contributed by atoms with Crippen molar-refractivity contribution in [2.45, 2.75) is 37.9 Å². The Balaban J connectivity index is 1.39. The number of ether oxygens (including phenoxy) is 1. The molecular formula is C21H26N6O. The van der Waals surface area contributed by atoms with Crippen molar-refractivity contribution in [3.8, 4) is 11.3 Å². The molecule has 0 spiro atoms. The highest BCUT2D eigenvalue weighted by Crippen LogP contribution is 2.29. The van der Waals surface area contributed by atoms with Crippen molar-refractivity contribution in [2.75, 3.05) is 26.3 Å². The summed E-state index contributed by atoms with van der Waals surface area (Å²) >= 11 is 0. The summed E-state index contributed by atoms with van der Waals surface area (Å²) in [5.41, 5.74) is 3.21. The van der Waals surface area contributed by atoms with E-state index in [1.54, 1.807) is 6.20 Å². The van der Waals surface area contributed by atoms with Crippen LogP contribution in [0, 0.1) is 0 Å². The van der Waals surface area contributed by atoms with Crippen molar-refractivity contribution in [1.29, 1.82) is 0 Å². The molecule has 2 atom stereocenters. The molecule has 0 bridgehead atoms. The minimum Gasteiger partial charge on any atom is -0.377 e. The lowest BCUT2D eigenvalue weighted by Crippen LogP contribution is -2.44. The molecule has 7 nitrogen and oxygen atoms in total. The van der Waals surface area contributed by atoms with Crippen molar-refractivity contribution in [3.05, 3.63) is 54.5 Å². The smallest absolute Gasteiger partial charge is 0.113 e. The average Bonchev–Trinajstić information content (AvgIpc) is 3.50. The first-order chi connectivity index (χ1) is 13.9. The van der Waals surface area contributed by atoms with Gasteiger partial charge in [0.15, 0.2) is 0 Å². The van der Waals surface area contributed by atoms with Crippen LogP contribution >= 0.6 is 0 Å². The molecule has 0 amide bonds. The molecule has 0 radical (unpaired) electrons. The molecular weight excluding hydrogens is 352 g/mol. The molecule has 5 rings (SSSR count). The number of hydrogen-bond acceptors (Lipinski definition) is 5. The molecule has 4 heterocycles. The van der Waals surface area contributed by atoms with E-state index < -0.39 is 0 Å². The zero-order chi connectivity index (χ0) is 18.8. The molecule has 0 N–H and O–H groups in total. The van der Waals surface area contributed by atoms with Gasteiger partial charge < -0.3 is 4.74 Å². The number of piperidine rings is 1. The summed E-state index contributed by atoms with van der Waals surface area (Å²) in [5, 5.41) is 13.3. The lowest BCUT2D eigenvalue weighted by molar-refractivity contribution is 0.121. The van der Waals surface area contributed by atoms with Crippen LogP contribution in [0.4, 0.5) is 0 Å². The fourth-order valence-electron chi connectivity index (χ4n) is 4.42. The van der Waals surface area contributed by atoms with Gasteiger partial charge in [-0.15, -0.1) is 5.10 Å². The van der Waals surface area contributed by atoms with Gasteiger partial charge >= 0.3 is 0 Å². The third-order valence-electron chi connectivity index (χ3n) is 5.92. The first kappa shape index (κ1) is 17.6. The van der Waals surface area contributed by atoms with E-state index in [1.807, 2.05) is 21.6 Å². The van der Waals surface area contributed by atoms with E-state index in [2.05, 4.69) is 50.8 Å². The van der Waals surface area contributed by atoms with Gasteiger partial charge in [0, 0.05) is 18.0 Å². The van der Waals surface area contributed by atoms with Gasteiger partial charge in [-0.2, -0.15) is 5.10 Å². The molecule has 3 aromatic rings. The first-order valence-electron chi connectivity index (χ1n) is 10.2. The van der Waals surface area contributed by atoms with Gasteiger partial charge in [0.2, 0.25) is 0 Å². The molecule has 2 saturated heterocycles. The second-order valence-electron chi connectivity index (χ2n) is 7.71. The molecule has 0 unspecified atom stereocenters. The summed E-state index contributed by atoms with van der Waals surface area (Å²) < 4.78 is 9.80. The van der Waals surface area contributed by atoms with Crippen molar-refractivity contribution in [2.24, 2.45) is 0 Å². The normalized spacial score (nSPS) is 23.3. The Labute approximate surface area is 164 Å². The summed E-state index contributed by atoms with van der Waals surface area (Å²) in [7, 11) is 0. The largest absolute Gasteiger partial charge is 0.377 e. The molecule has 0 saturated carbocycles. The fraction of sp³-hybridized carbons (Fsp3) is 0.476. The number of aromatic nitrogens is 5. The van der Waals surface area contributed by atoms with Crippen LogP contribution < -0.4 is 0 Å². The van der Waals surface area contributed by atoms with E-state index in [4.69, 9.17) is 4.74 Å². The van der Waals surface area contributed by atoms with E-state index in [9.17, 15) is 0 Å². The molecule has 146 valence electrons. The third-order valence-corrected chi connectivity index (χ3v) is 5.92. The lowest BCUT2D eigenvalue weighted by Gasteiger charge is -2.34. The van der Waals surface area contributed by atoms with Gasteiger partial charge in [-0.05, 0) is 37.6 Å². The second kappa shape index (κ2) is 7.85. The van der Waals surface area contributed by atoms with E-state index in [0.717, 1.165) is 24.4 Å². The number of likely N-dealkylation sites (tertiary alicyclic amines) is 1. The predicted octanol–water partition coefficient (Wildman–Crippen LogP) is 2.62. The minimum atomic E-state index is 0.234. The Morgan fingerprint density at radius 1 is 1.00 bits per heavy atom. The molecule has 1 aromatic carbocycles. The third kappa shape index (κ3) is 3.47. The molecule has 2 aliphatic heterocycles. The van der Waals surface area contributed by atoms with Crippen molar-refractivity contribution in [3.63, 3.8) is 0 Å². The SMILES string of the molecule is c1ccc(-c2cn([C@H]3COC[C@@H]3N3CCCCC3)nn2)c(Cn2cccn2)c1. The molecule has 2 aliphatic rings. The Bertz CT molecular complexity index is 899. The van der Waals surface area contributed by atoms with E-state index >= 15 is 0 Å². The zero-order valence-electron chi connectivity index (χ0n) is 16.0. The Morgan fingerprint density at radius 2 is 1.86 bits per heavy atom. The van der Waals surface area contributed by atoms with Gasteiger partial charge in [0.25, 0.3) is 0 Å². The Hall–Kier alpha value is -2.51. The number of rotatable bonds is 5. The highest BCUT2D eigenvalue weighted by atomic mass is 16.5. The number of nitrogens with zero attached hydrogens (tertiary/aromatic N) is 6. The van der Waals surface area contributed by atoms with Gasteiger partial charge in [-0.1, -0.05) is 35.9 Å². The van der Waals surface area contributed by atoms with Gasteiger partial charge in [-0.3, -0.25) is 9.58 Å². The summed E-state index contributed by atoms with van der Waals surface area (Å²) in [4.78, 5) is 2.58. The Morgan fingerprint density at radius 3 is 2.71 bits per heavy atom. The second-order valence-corrected chi connectivity index (χ2v) is 7.71. The summed E-state index contributed by atoms with van der Waals surface area (Å²) in [6.07, 6.45) is 9.78. The number of benzene rings is 1. The predicted molar refractivity (Wildman–Crippen MR) is 106 cm³/mol. The van der Waals surface area contributed by atoms with Gasteiger partial charge in [-0.25, -0.2) is 4.68 Å². The average molecular weight is 378 g/mol. The molecule has 0 aliphatic carbocycles.